The third-order valence-electron chi connectivity index (χ3n) is 2.58. The summed E-state index contributed by atoms with van der Waals surface area (Å²) in [6.07, 6.45) is 1.74. The Morgan fingerprint density at radius 1 is 1.32 bits per heavy atom. The number of hydrogen-bond donors (Lipinski definition) is 2. The van der Waals surface area contributed by atoms with E-state index in [0.717, 1.165) is 11.5 Å². The van der Waals surface area contributed by atoms with Crippen LogP contribution in [0.4, 0.5) is 11.6 Å². The fourth-order valence-corrected chi connectivity index (χ4v) is 1.83. The maximum absolute atomic E-state index is 9.13. The Bertz CT molecular complexity index is 571. The summed E-state index contributed by atoms with van der Waals surface area (Å²) >= 11 is 0. The molecule has 0 unspecified atom stereocenters. The van der Waals surface area contributed by atoms with Gasteiger partial charge in [0.2, 0.25) is 0 Å². The Morgan fingerprint density at radius 2 is 2.05 bits per heavy atom. The molecule has 2 rings (SSSR count). The minimum atomic E-state index is -0.172. The van der Waals surface area contributed by atoms with E-state index >= 15 is 0 Å². The summed E-state index contributed by atoms with van der Waals surface area (Å²) in [5, 5.41) is 16.6. The van der Waals surface area contributed by atoms with Crippen molar-refractivity contribution in [2.24, 2.45) is 0 Å². The van der Waals surface area contributed by atoms with Gasteiger partial charge in [-0.1, -0.05) is 0 Å². The standard InChI is InChI=1S/C13H19N5O/c1-9-7-10(16-11(8-19)15-9)17-12-5-6-14-18(12)13(2,3)4/h5-7,19H,8H2,1-4H3,(H,15,16,17). The zero-order valence-corrected chi connectivity index (χ0v) is 11.7. The van der Waals surface area contributed by atoms with Crippen molar-refractivity contribution in [3.05, 3.63) is 29.8 Å². The summed E-state index contributed by atoms with van der Waals surface area (Å²) in [6.45, 7) is 7.93. The number of hydrogen-bond acceptors (Lipinski definition) is 5. The van der Waals surface area contributed by atoms with E-state index < -0.39 is 0 Å². The van der Waals surface area contributed by atoms with Crippen LogP contribution in [0.3, 0.4) is 0 Å². The average molecular weight is 261 g/mol. The lowest BCUT2D eigenvalue weighted by Gasteiger charge is -2.22. The maximum atomic E-state index is 9.13. The van der Waals surface area contributed by atoms with Crippen LogP contribution in [-0.2, 0) is 12.1 Å². The van der Waals surface area contributed by atoms with Gasteiger partial charge in [-0.15, -0.1) is 0 Å². The van der Waals surface area contributed by atoms with E-state index in [2.05, 4.69) is 41.2 Å². The van der Waals surface area contributed by atoms with E-state index in [0.29, 0.717) is 11.6 Å². The van der Waals surface area contributed by atoms with Crippen LogP contribution >= 0.6 is 0 Å². The average Bonchev–Trinajstić information content (AvgIpc) is 2.76. The lowest BCUT2D eigenvalue weighted by atomic mass is 10.1. The molecule has 0 saturated heterocycles. The summed E-state index contributed by atoms with van der Waals surface area (Å²) in [6, 6.07) is 3.72. The van der Waals surface area contributed by atoms with E-state index in [1.54, 1.807) is 6.20 Å². The zero-order valence-electron chi connectivity index (χ0n) is 11.7. The Kier molecular flexibility index (Phi) is 3.53. The second-order valence-corrected chi connectivity index (χ2v) is 5.39. The first kappa shape index (κ1) is 13.5. The molecule has 0 amide bonds. The summed E-state index contributed by atoms with van der Waals surface area (Å²) in [4.78, 5) is 8.37. The first-order valence-corrected chi connectivity index (χ1v) is 6.17. The molecule has 2 heterocycles. The second-order valence-electron chi connectivity index (χ2n) is 5.39. The van der Waals surface area contributed by atoms with Crippen molar-refractivity contribution in [2.45, 2.75) is 39.8 Å². The van der Waals surface area contributed by atoms with Gasteiger partial charge in [0.25, 0.3) is 0 Å². The third-order valence-corrected chi connectivity index (χ3v) is 2.58. The zero-order chi connectivity index (χ0) is 14.0. The molecule has 0 bridgehead atoms. The molecule has 0 aliphatic rings. The molecule has 0 fully saturated rings. The Hall–Kier alpha value is -1.95. The van der Waals surface area contributed by atoms with Gasteiger partial charge in [0.1, 0.15) is 18.2 Å². The number of aromatic nitrogens is 4. The van der Waals surface area contributed by atoms with Crippen LogP contribution in [0.5, 0.6) is 0 Å². The molecule has 2 aromatic rings. The lowest BCUT2D eigenvalue weighted by Crippen LogP contribution is -2.24. The molecule has 0 radical (unpaired) electrons. The molecule has 0 aliphatic carbocycles. The van der Waals surface area contributed by atoms with Crippen LogP contribution in [0.2, 0.25) is 0 Å². The molecule has 0 saturated carbocycles. The van der Waals surface area contributed by atoms with Crippen LogP contribution in [0.25, 0.3) is 0 Å². The van der Waals surface area contributed by atoms with Crippen molar-refractivity contribution < 1.29 is 5.11 Å². The highest BCUT2D eigenvalue weighted by Crippen LogP contribution is 2.22. The van der Waals surface area contributed by atoms with E-state index in [1.165, 1.54) is 0 Å². The van der Waals surface area contributed by atoms with Gasteiger partial charge < -0.3 is 10.4 Å². The summed E-state index contributed by atoms with van der Waals surface area (Å²) in [7, 11) is 0. The highest BCUT2D eigenvalue weighted by molar-refractivity contribution is 5.52. The number of anilines is 2. The molecule has 19 heavy (non-hydrogen) atoms. The maximum Gasteiger partial charge on any atom is 0.156 e. The van der Waals surface area contributed by atoms with Gasteiger partial charge in [-0.05, 0) is 27.7 Å². The van der Waals surface area contributed by atoms with Crippen LogP contribution in [0.15, 0.2) is 18.3 Å². The number of nitrogens with zero attached hydrogens (tertiary/aromatic N) is 4. The molecule has 2 N–H and O–H groups in total. The van der Waals surface area contributed by atoms with Gasteiger partial charge in [-0.2, -0.15) is 5.10 Å². The van der Waals surface area contributed by atoms with Gasteiger partial charge in [-0.3, -0.25) is 0 Å². The number of nitrogens with one attached hydrogen (secondary N) is 1. The number of aliphatic hydroxyl groups excluding tert-OH is 1. The van der Waals surface area contributed by atoms with Crippen molar-refractivity contribution in [1.29, 1.82) is 0 Å². The fraction of sp³-hybridized carbons (Fsp3) is 0.462. The van der Waals surface area contributed by atoms with Gasteiger partial charge >= 0.3 is 0 Å². The minimum Gasteiger partial charge on any atom is -0.388 e. The molecule has 0 atom stereocenters. The van der Waals surface area contributed by atoms with Crippen LogP contribution in [0, 0.1) is 6.92 Å². The van der Waals surface area contributed by atoms with E-state index in [9.17, 15) is 0 Å². The normalized spacial score (nSPS) is 11.6. The number of aliphatic hydroxyl groups is 1. The van der Waals surface area contributed by atoms with Gasteiger partial charge in [0.15, 0.2) is 5.82 Å². The molecule has 2 aromatic heterocycles. The molecule has 0 aromatic carbocycles. The smallest absolute Gasteiger partial charge is 0.156 e. The lowest BCUT2D eigenvalue weighted by molar-refractivity contribution is 0.271. The van der Waals surface area contributed by atoms with E-state index in [4.69, 9.17) is 5.11 Å². The first-order valence-electron chi connectivity index (χ1n) is 6.17. The first-order chi connectivity index (χ1) is 8.90. The molecule has 0 aliphatic heterocycles. The molecule has 102 valence electrons. The monoisotopic (exact) mass is 261 g/mol. The summed E-state index contributed by atoms with van der Waals surface area (Å²) in [5.74, 6) is 1.92. The Labute approximate surface area is 112 Å². The highest BCUT2D eigenvalue weighted by Gasteiger charge is 2.17. The molecule has 6 heteroatoms. The summed E-state index contributed by atoms with van der Waals surface area (Å²) < 4.78 is 1.89. The van der Waals surface area contributed by atoms with E-state index in [1.807, 2.05) is 23.7 Å². The van der Waals surface area contributed by atoms with Gasteiger partial charge in [0, 0.05) is 17.8 Å². The van der Waals surface area contributed by atoms with E-state index in [-0.39, 0.29) is 12.1 Å². The van der Waals surface area contributed by atoms with Crippen molar-refractivity contribution in [3.63, 3.8) is 0 Å². The van der Waals surface area contributed by atoms with Gasteiger partial charge in [-0.25, -0.2) is 14.6 Å². The van der Waals surface area contributed by atoms with Crippen molar-refractivity contribution in [3.8, 4) is 0 Å². The molecule has 6 nitrogen and oxygen atoms in total. The van der Waals surface area contributed by atoms with Crippen LogP contribution in [-0.4, -0.2) is 24.9 Å². The third kappa shape index (κ3) is 3.08. The van der Waals surface area contributed by atoms with Crippen molar-refractivity contribution in [2.75, 3.05) is 5.32 Å². The summed E-state index contributed by atoms with van der Waals surface area (Å²) in [5.41, 5.74) is 0.691. The molecular weight excluding hydrogens is 242 g/mol. The SMILES string of the molecule is Cc1cc(Nc2ccnn2C(C)(C)C)nc(CO)n1. The predicted octanol–water partition coefficient (Wildman–Crippen LogP) is 1.97. The topological polar surface area (TPSA) is 75.9 Å². The second kappa shape index (κ2) is 4.97. The number of rotatable bonds is 3. The van der Waals surface area contributed by atoms with Crippen LogP contribution in [0.1, 0.15) is 32.3 Å². The Morgan fingerprint density at radius 3 is 2.68 bits per heavy atom. The number of aryl methyl sites for hydroxylation is 1. The Balaban J connectivity index is 2.32. The highest BCUT2D eigenvalue weighted by atomic mass is 16.3. The fourth-order valence-electron chi connectivity index (χ4n) is 1.83. The largest absolute Gasteiger partial charge is 0.388 e. The van der Waals surface area contributed by atoms with Gasteiger partial charge in [0.05, 0.1) is 11.7 Å². The van der Waals surface area contributed by atoms with Crippen LogP contribution < -0.4 is 5.32 Å². The minimum absolute atomic E-state index is 0.117. The quantitative estimate of drug-likeness (QED) is 0.883. The van der Waals surface area contributed by atoms with Crippen molar-refractivity contribution >= 4 is 11.6 Å². The molecule has 0 spiro atoms. The predicted molar refractivity (Wildman–Crippen MR) is 73.2 cm³/mol. The van der Waals surface area contributed by atoms with Crippen molar-refractivity contribution in [1.82, 2.24) is 19.7 Å². The molecular formula is C13H19N5O.